The van der Waals surface area contributed by atoms with Gasteiger partial charge in [-0.1, -0.05) is 44.2 Å². The molecule has 1 aliphatic heterocycles. The molecule has 1 aromatic carbocycles. The molecule has 1 N–H and O–H groups in total. The highest BCUT2D eigenvalue weighted by molar-refractivity contribution is 7.87. The van der Waals surface area contributed by atoms with Gasteiger partial charge in [-0.05, 0) is 30.9 Å². The molecule has 0 spiro atoms. The molecule has 1 heterocycles. The maximum absolute atomic E-state index is 12.1. The van der Waals surface area contributed by atoms with Crippen molar-refractivity contribution in [1.29, 1.82) is 0 Å². The standard InChI is InChI=1S/C17H29N3O2S/c1-3-20(4-2)23(21,22)18-14-17-11-13-19(15-17)12-10-16-8-6-5-7-9-16/h5-9,17-18H,3-4,10-15H2,1-2H3/t17-/m1/s1. The lowest BCUT2D eigenvalue weighted by atomic mass is 10.1. The van der Waals surface area contributed by atoms with Crippen LogP contribution in [0.25, 0.3) is 0 Å². The maximum Gasteiger partial charge on any atom is 0.279 e. The van der Waals surface area contributed by atoms with Gasteiger partial charge < -0.3 is 4.90 Å². The Morgan fingerprint density at radius 3 is 2.57 bits per heavy atom. The van der Waals surface area contributed by atoms with Gasteiger partial charge in [0.25, 0.3) is 10.2 Å². The van der Waals surface area contributed by atoms with E-state index in [4.69, 9.17) is 0 Å². The molecule has 0 aromatic heterocycles. The Hall–Kier alpha value is -0.950. The van der Waals surface area contributed by atoms with Crippen molar-refractivity contribution in [2.45, 2.75) is 26.7 Å². The van der Waals surface area contributed by atoms with Crippen LogP contribution in [0.5, 0.6) is 0 Å². The number of nitrogens with one attached hydrogen (secondary N) is 1. The Labute approximate surface area is 140 Å². The number of hydrogen-bond donors (Lipinski definition) is 1. The molecule has 23 heavy (non-hydrogen) atoms. The second kappa shape index (κ2) is 8.78. The fourth-order valence-corrected chi connectivity index (χ4v) is 4.40. The Morgan fingerprint density at radius 1 is 1.22 bits per heavy atom. The summed E-state index contributed by atoms with van der Waals surface area (Å²) >= 11 is 0. The first-order valence-corrected chi connectivity index (χ1v) is 10.00. The summed E-state index contributed by atoms with van der Waals surface area (Å²) in [5, 5.41) is 0. The summed E-state index contributed by atoms with van der Waals surface area (Å²) in [6, 6.07) is 10.5. The van der Waals surface area contributed by atoms with Crippen LogP contribution in [-0.4, -0.2) is 56.9 Å². The Morgan fingerprint density at radius 2 is 1.91 bits per heavy atom. The summed E-state index contributed by atoms with van der Waals surface area (Å²) in [6.07, 6.45) is 2.12. The van der Waals surface area contributed by atoms with Gasteiger partial charge in [-0.2, -0.15) is 12.7 Å². The number of likely N-dealkylation sites (tertiary alicyclic amines) is 1. The molecule has 1 atom stereocenters. The van der Waals surface area contributed by atoms with Gasteiger partial charge in [0.2, 0.25) is 0 Å². The molecular formula is C17H29N3O2S. The van der Waals surface area contributed by atoms with Crippen LogP contribution in [0.15, 0.2) is 30.3 Å². The van der Waals surface area contributed by atoms with Crippen LogP contribution in [0.1, 0.15) is 25.8 Å². The van der Waals surface area contributed by atoms with E-state index in [1.165, 1.54) is 9.87 Å². The van der Waals surface area contributed by atoms with E-state index in [9.17, 15) is 8.42 Å². The zero-order valence-corrected chi connectivity index (χ0v) is 15.1. The molecule has 0 radical (unpaired) electrons. The molecule has 130 valence electrons. The predicted molar refractivity (Wildman–Crippen MR) is 94.5 cm³/mol. The van der Waals surface area contributed by atoms with Crippen molar-refractivity contribution in [3.05, 3.63) is 35.9 Å². The third-order valence-electron chi connectivity index (χ3n) is 4.53. The summed E-state index contributed by atoms with van der Waals surface area (Å²) in [7, 11) is -3.32. The van der Waals surface area contributed by atoms with E-state index in [1.807, 2.05) is 19.9 Å². The average molecular weight is 340 g/mol. The quantitative estimate of drug-likeness (QED) is 0.745. The second-order valence-corrected chi connectivity index (χ2v) is 7.88. The van der Waals surface area contributed by atoms with E-state index < -0.39 is 10.2 Å². The molecule has 1 fully saturated rings. The summed E-state index contributed by atoms with van der Waals surface area (Å²) in [6.45, 7) is 8.38. The largest absolute Gasteiger partial charge is 0.303 e. The van der Waals surface area contributed by atoms with Gasteiger partial charge in [-0.15, -0.1) is 0 Å². The van der Waals surface area contributed by atoms with Crippen LogP contribution < -0.4 is 4.72 Å². The number of hydrogen-bond acceptors (Lipinski definition) is 3. The third kappa shape index (κ3) is 5.57. The highest BCUT2D eigenvalue weighted by Gasteiger charge is 2.25. The van der Waals surface area contributed by atoms with Gasteiger partial charge in [0.1, 0.15) is 0 Å². The minimum Gasteiger partial charge on any atom is -0.303 e. The van der Waals surface area contributed by atoms with Crippen molar-refractivity contribution in [2.24, 2.45) is 5.92 Å². The summed E-state index contributed by atoms with van der Waals surface area (Å²) in [5.41, 5.74) is 1.36. The van der Waals surface area contributed by atoms with Crippen molar-refractivity contribution >= 4 is 10.2 Å². The van der Waals surface area contributed by atoms with E-state index in [2.05, 4.69) is 33.9 Å². The van der Waals surface area contributed by atoms with Crippen LogP contribution in [0.2, 0.25) is 0 Å². The number of rotatable bonds is 9. The fourth-order valence-electron chi connectivity index (χ4n) is 3.09. The minimum atomic E-state index is -3.32. The fraction of sp³-hybridized carbons (Fsp3) is 0.647. The van der Waals surface area contributed by atoms with Gasteiger partial charge in [0.15, 0.2) is 0 Å². The molecule has 2 rings (SSSR count). The lowest BCUT2D eigenvalue weighted by Crippen LogP contribution is -2.42. The van der Waals surface area contributed by atoms with Crippen molar-refractivity contribution in [1.82, 2.24) is 13.9 Å². The SMILES string of the molecule is CCN(CC)S(=O)(=O)NC[C@H]1CCN(CCc2ccccc2)C1. The van der Waals surface area contributed by atoms with Gasteiger partial charge in [0, 0.05) is 32.7 Å². The van der Waals surface area contributed by atoms with Crippen molar-refractivity contribution in [2.75, 3.05) is 39.3 Å². The molecular weight excluding hydrogens is 310 g/mol. The highest BCUT2D eigenvalue weighted by Crippen LogP contribution is 2.16. The normalized spacial score (nSPS) is 19.5. The van der Waals surface area contributed by atoms with Crippen LogP contribution in [0.3, 0.4) is 0 Å². The van der Waals surface area contributed by atoms with E-state index in [-0.39, 0.29) is 0 Å². The molecule has 0 aliphatic carbocycles. The molecule has 5 nitrogen and oxygen atoms in total. The Balaban J connectivity index is 1.73. The van der Waals surface area contributed by atoms with Crippen LogP contribution in [0, 0.1) is 5.92 Å². The van der Waals surface area contributed by atoms with Crippen molar-refractivity contribution in [3.8, 4) is 0 Å². The molecule has 0 unspecified atom stereocenters. The zero-order chi connectivity index (χ0) is 16.7. The van der Waals surface area contributed by atoms with E-state index >= 15 is 0 Å². The van der Waals surface area contributed by atoms with Crippen molar-refractivity contribution in [3.63, 3.8) is 0 Å². The van der Waals surface area contributed by atoms with Gasteiger partial charge >= 0.3 is 0 Å². The number of nitrogens with zero attached hydrogens (tertiary/aromatic N) is 2. The lowest BCUT2D eigenvalue weighted by molar-refractivity contribution is 0.327. The zero-order valence-electron chi connectivity index (χ0n) is 14.2. The van der Waals surface area contributed by atoms with Crippen LogP contribution in [-0.2, 0) is 16.6 Å². The van der Waals surface area contributed by atoms with Crippen molar-refractivity contribution < 1.29 is 8.42 Å². The van der Waals surface area contributed by atoms with E-state index in [1.54, 1.807) is 0 Å². The monoisotopic (exact) mass is 339 g/mol. The topological polar surface area (TPSA) is 52.7 Å². The van der Waals surface area contributed by atoms with Crippen LogP contribution >= 0.6 is 0 Å². The highest BCUT2D eigenvalue weighted by atomic mass is 32.2. The molecule has 0 bridgehead atoms. The van der Waals surface area contributed by atoms with E-state index in [0.29, 0.717) is 25.6 Å². The third-order valence-corrected chi connectivity index (χ3v) is 6.26. The summed E-state index contributed by atoms with van der Waals surface area (Å²) in [4.78, 5) is 2.43. The molecule has 1 saturated heterocycles. The molecule has 1 aliphatic rings. The molecule has 6 heteroatoms. The summed E-state index contributed by atoms with van der Waals surface area (Å²) < 4.78 is 28.5. The second-order valence-electron chi connectivity index (χ2n) is 6.13. The smallest absolute Gasteiger partial charge is 0.279 e. The minimum absolute atomic E-state index is 0.413. The lowest BCUT2D eigenvalue weighted by Gasteiger charge is -2.20. The molecule has 1 aromatic rings. The first-order chi connectivity index (χ1) is 11.0. The maximum atomic E-state index is 12.1. The molecule has 0 amide bonds. The first-order valence-electron chi connectivity index (χ1n) is 8.56. The Bertz CT molecular complexity index is 558. The number of benzene rings is 1. The van der Waals surface area contributed by atoms with Gasteiger partial charge in [-0.3, -0.25) is 0 Å². The van der Waals surface area contributed by atoms with Gasteiger partial charge in [0.05, 0.1) is 0 Å². The average Bonchev–Trinajstić information content (AvgIpc) is 3.01. The first kappa shape index (κ1) is 18.4. The van der Waals surface area contributed by atoms with Crippen LogP contribution in [0.4, 0.5) is 0 Å². The van der Waals surface area contributed by atoms with E-state index in [0.717, 1.165) is 32.5 Å². The molecule has 0 saturated carbocycles. The predicted octanol–water partition coefficient (Wildman–Crippen LogP) is 1.73. The Kier molecular flexibility index (Phi) is 7.02. The summed E-state index contributed by atoms with van der Waals surface area (Å²) in [5.74, 6) is 0.413. The van der Waals surface area contributed by atoms with Gasteiger partial charge in [-0.25, -0.2) is 4.72 Å².